The first-order chi connectivity index (χ1) is 15.9. The predicted octanol–water partition coefficient (Wildman–Crippen LogP) is 3.53. The van der Waals surface area contributed by atoms with Crippen LogP contribution in [0.25, 0.3) is 0 Å². The van der Waals surface area contributed by atoms with Crippen molar-refractivity contribution in [1.82, 2.24) is 4.90 Å². The van der Waals surface area contributed by atoms with E-state index in [2.05, 4.69) is 5.32 Å². The Bertz CT molecular complexity index is 1030. The molecule has 1 fully saturated rings. The van der Waals surface area contributed by atoms with E-state index in [-0.39, 0.29) is 11.8 Å². The number of anilines is 1. The van der Waals surface area contributed by atoms with Crippen LogP contribution in [0.5, 0.6) is 11.5 Å². The highest BCUT2D eigenvalue weighted by atomic mass is 35.5. The molecule has 0 aromatic heterocycles. The lowest BCUT2D eigenvalue weighted by atomic mass is 9.96. The first-order valence-corrected chi connectivity index (χ1v) is 11.2. The molecule has 1 unspecified atom stereocenters. The van der Waals surface area contributed by atoms with Crippen molar-refractivity contribution in [2.45, 2.75) is 25.9 Å². The van der Waals surface area contributed by atoms with Gasteiger partial charge in [-0.05, 0) is 56.2 Å². The third-order valence-electron chi connectivity index (χ3n) is 5.68. The quantitative estimate of drug-likeness (QED) is 0.669. The van der Waals surface area contributed by atoms with Crippen molar-refractivity contribution >= 4 is 35.1 Å². The summed E-state index contributed by atoms with van der Waals surface area (Å²) >= 11 is 5.88. The summed E-state index contributed by atoms with van der Waals surface area (Å²) in [5, 5.41) is 3.30. The molecule has 0 saturated carbocycles. The van der Waals surface area contributed by atoms with Gasteiger partial charge in [-0.25, -0.2) is 0 Å². The minimum atomic E-state index is -0.959. The van der Waals surface area contributed by atoms with E-state index in [0.717, 1.165) is 0 Å². The van der Waals surface area contributed by atoms with E-state index in [1.54, 1.807) is 47.4 Å². The summed E-state index contributed by atoms with van der Waals surface area (Å²) in [4.78, 5) is 39.4. The monoisotopic (exact) mass is 472 g/mol. The lowest BCUT2D eigenvalue weighted by Crippen LogP contribution is -2.41. The van der Waals surface area contributed by atoms with Gasteiger partial charge < -0.3 is 24.4 Å². The highest BCUT2D eigenvalue weighted by molar-refractivity contribution is 6.30. The van der Waals surface area contributed by atoms with Crippen LogP contribution in [-0.4, -0.2) is 55.1 Å². The van der Waals surface area contributed by atoms with Crippen molar-refractivity contribution in [2.75, 3.05) is 31.6 Å². The Kier molecular flexibility index (Phi) is 7.03. The molecule has 0 spiro atoms. The number of rotatable bonds is 5. The van der Waals surface area contributed by atoms with Crippen LogP contribution in [0.3, 0.4) is 0 Å². The maximum absolute atomic E-state index is 12.6. The topological polar surface area (TPSA) is 94.2 Å². The summed E-state index contributed by atoms with van der Waals surface area (Å²) < 4.78 is 16.4. The molecule has 2 aromatic carbocycles. The van der Waals surface area contributed by atoms with Crippen LogP contribution >= 0.6 is 11.6 Å². The molecule has 4 rings (SSSR count). The number of hydrogen-bond acceptors (Lipinski definition) is 6. The van der Waals surface area contributed by atoms with Crippen LogP contribution in [0.15, 0.2) is 42.5 Å². The minimum Gasteiger partial charge on any atom is -0.486 e. The third kappa shape index (κ3) is 5.57. The van der Waals surface area contributed by atoms with Crippen LogP contribution in [0.2, 0.25) is 5.02 Å². The number of esters is 1. The summed E-state index contributed by atoms with van der Waals surface area (Å²) in [6.45, 7) is 3.35. The number of amides is 2. The van der Waals surface area contributed by atoms with E-state index in [1.807, 2.05) is 0 Å². The summed E-state index contributed by atoms with van der Waals surface area (Å²) in [5.41, 5.74) is 1.09. The lowest BCUT2D eigenvalue weighted by molar-refractivity contribution is -0.158. The Morgan fingerprint density at radius 1 is 1.03 bits per heavy atom. The zero-order valence-electron chi connectivity index (χ0n) is 18.2. The second-order valence-electron chi connectivity index (χ2n) is 8.00. The highest BCUT2D eigenvalue weighted by Gasteiger charge is 2.31. The van der Waals surface area contributed by atoms with E-state index in [9.17, 15) is 14.4 Å². The fourth-order valence-electron chi connectivity index (χ4n) is 3.78. The molecule has 0 bridgehead atoms. The normalized spacial score (nSPS) is 16.6. The number of carbonyl (C=O) groups excluding carboxylic acids is 3. The number of carbonyl (C=O) groups is 3. The largest absolute Gasteiger partial charge is 0.486 e. The Balaban J connectivity index is 1.25. The number of ether oxygens (including phenoxy) is 3. The summed E-state index contributed by atoms with van der Waals surface area (Å²) in [6, 6.07) is 11.8. The molecule has 8 nitrogen and oxygen atoms in total. The molecule has 1 atom stereocenters. The van der Waals surface area contributed by atoms with E-state index < -0.39 is 18.0 Å². The zero-order valence-corrected chi connectivity index (χ0v) is 19.0. The van der Waals surface area contributed by atoms with Gasteiger partial charge in [-0.3, -0.25) is 14.4 Å². The molecule has 174 valence electrons. The Labute approximate surface area is 196 Å². The minimum absolute atomic E-state index is 0.0920. The van der Waals surface area contributed by atoms with Crippen molar-refractivity contribution in [3.63, 3.8) is 0 Å². The van der Waals surface area contributed by atoms with E-state index in [4.69, 9.17) is 25.8 Å². The molecule has 0 radical (unpaired) electrons. The molecular weight excluding hydrogens is 448 g/mol. The Morgan fingerprint density at radius 2 is 1.70 bits per heavy atom. The lowest BCUT2D eigenvalue weighted by Gasteiger charge is -2.31. The number of fused-ring (bicyclic) bond motifs is 1. The van der Waals surface area contributed by atoms with Crippen LogP contribution < -0.4 is 14.8 Å². The summed E-state index contributed by atoms with van der Waals surface area (Å²) in [5.74, 6) is -0.133. The summed E-state index contributed by atoms with van der Waals surface area (Å²) in [6.07, 6.45) is 0.00277. The number of piperidine rings is 1. The van der Waals surface area contributed by atoms with Crippen molar-refractivity contribution in [3.05, 3.63) is 53.1 Å². The maximum atomic E-state index is 12.6. The first-order valence-electron chi connectivity index (χ1n) is 10.9. The molecule has 33 heavy (non-hydrogen) atoms. The first kappa shape index (κ1) is 22.9. The number of halogens is 1. The van der Waals surface area contributed by atoms with Gasteiger partial charge in [0.2, 0.25) is 0 Å². The molecule has 2 heterocycles. The molecule has 2 aliphatic heterocycles. The van der Waals surface area contributed by atoms with Crippen LogP contribution in [0.4, 0.5) is 5.69 Å². The molecule has 1 saturated heterocycles. The molecule has 2 aliphatic rings. The number of likely N-dealkylation sites (tertiary alicyclic amines) is 1. The maximum Gasteiger partial charge on any atom is 0.309 e. The Hall–Kier alpha value is -3.26. The van der Waals surface area contributed by atoms with E-state index in [0.29, 0.717) is 66.9 Å². The zero-order chi connectivity index (χ0) is 23.4. The average Bonchev–Trinajstić information content (AvgIpc) is 2.84. The van der Waals surface area contributed by atoms with Crippen LogP contribution in [0.1, 0.15) is 30.1 Å². The number of nitrogens with one attached hydrogen (secondary N) is 1. The molecule has 2 amide bonds. The summed E-state index contributed by atoms with van der Waals surface area (Å²) in [7, 11) is 0. The molecular formula is C24H25ClN2O6. The van der Waals surface area contributed by atoms with E-state index >= 15 is 0 Å². The van der Waals surface area contributed by atoms with Crippen molar-refractivity contribution < 1.29 is 28.6 Å². The third-order valence-corrected chi connectivity index (χ3v) is 5.93. The SMILES string of the molecule is CC(OC(=O)C1CCN(C(=O)c2ccc(Cl)cc2)CC1)C(=O)Nc1ccc2c(c1)OCCO2. The van der Waals surface area contributed by atoms with Gasteiger partial charge in [0.25, 0.3) is 11.8 Å². The van der Waals surface area contributed by atoms with Crippen molar-refractivity contribution in [1.29, 1.82) is 0 Å². The van der Waals surface area contributed by atoms with Gasteiger partial charge >= 0.3 is 5.97 Å². The number of nitrogens with zero attached hydrogens (tertiary/aromatic N) is 1. The molecule has 0 aliphatic carbocycles. The van der Waals surface area contributed by atoms with Gasteiger partial charge in [0.1, 0.15) is 13.2 Å². The standard InChI is InChI=1S/C24H25ClN2O6/c1-15(22(28)26-19-6-7-20-21(14-19)32-13-12-31-20)33-24(30)17-8-10-27(11-9-17)23(29)16-2-4-18(25)5-3-16/h2-7,14-15,17H,8-13H2,1H3,(H,26,28). The fourth-order valence-corrected chi connectivity index (χ4v) is 3.91. The average molecular weight is 473 g/mol. The van der Waals surface area contributed by atoms with Gasteiger partial charge in [-0.1, -0.05) is 11.6 Å². The van der Waals surface area contributed by atoms with E-state index in [1.165, 1.54) is 6.92 Å². The second kappa shape index (κ2) is 10.1. The van der Waals surface area contributed by atoms with Crippen molar-refractivity contribution in [2.24, 2.45) is 5.92 Å². The fraction of sp³-hybridized carbons (Fsp3) is 0.375. The van der Waals surface area contributed by atoms with Crippen LogP contribution in [0, 0.1) is 5.92 Å². The molecule has 2 aromatic rings. The second-order valence-corrected chi connectivity index (χ2v) is 8.44. The van der Waals surface area contributed by atoms with Gasteiger partial charge in [0.05, 0.1) is 5.92 Å². The Morgan fingerprint density at radius 3 is 2.39 bits per heavy atom. The predicted molar refractivity (Wildman–Crippen MR) is 122 cm³/mol. The van der Waals surface area contributed by atoms with Crippen LogP contribution in [-0.2, 0) is 14.3 Å². The van der Waals surface area contributed by atoms with Gasteiger partial charge in [-0.15, -0.1) is 0 Å². The van der Waals surface area contributed by atoms with Gasteiger partial charge in [0, 0.05) is 35.4 Å². The molecule has 9 heteroatoms. The molecule has 1 N–H and O–H groups in total. The van der Waals surface area contributed by atoms with Gasteiger partial charge in [-0.2, -0.15) is 0 Å². The van der Waals surface area contributed by atoms with Gasteiger partial charge in [0.15, 0.2) is 17.6 Å². The number of hydrogen-bond donors (Lipinski definition) is 1. The van der Waals surface area contributed by atoms with Crippen molar-refractivity contribution in [3.8, 4) is 11.5 Å². The highest BCUT2D eigenvalue weighted by Crippen LogP contribution is 2.32. The number of benzene rings is 2. The smallest absolute Gasteiger partial charge is 0.309 e.